The molecule has 0 spiro atoms. The van der Waals surface area contributed by atoms with E-state index in [1.807, 2.05) is 0 Å². The second kappa shape index (κ2) is 9.57. The van der Waals surface area contributed by atoms with Crippen LogP contribution in [0.2, 0.25) is 0 Å². The van der Waals surface area contributed by atoms with E-state index in [1.54, 1.807) is 0 Å². The molecule has 0 rings (SSSR count). The van der Waals surface area contributed by atoms with Crippen LogP contribution >= 0.6 is 0 Å². The van der Waals surface area contributed by atoms with Gasteiger partial charge in [0.2, 0.25) is 0 Å². The first kappa shape index (κ1) is 8.82. The summed E-state index contributed by atoms with van der Waals surface area (Å²) >= 11 is 0. The predicted molar refractivity (Wildman–Crippen MR) is 19.9 cm³/mol. The molecule has 0 saturated heterocycles. The van der Waals surface area contributed by atoms with Crippen molar-refractivity contribution >= 4 is 32.9 Å². The molecule has 0 aliphatic rings. The van der Waals surface area contributed by atoms with Crippen molar-refractivity contribution in [1.29, 1.82) is 0 Å². The second-order valence-corrected chi connectivity index (χ2v) is 0.204. The van der Waals surface area contributed by atoms with Crippen LogP contribution < -0.4 is 0 Å². The van der Waals surface area contributed by atoms with Crippen LogP contribution in [0.15, 0.2) is 0 Å². The average molecular weight is 254 g/mol. The first-order valence-electron chi connectivity index (χ1n) is 0.704. The van der Waals surface area contributed by atoms with Crippen LogP contribution in [0.25, 0.3) is 0 Å². The van der Waals surface area contributed by atoms with Gasteiger partial charge in [0.1, 0.15) is 0 Å². The van der Waals surface area contributed by atoms with Gasteiger partial charge in [-0.3, -0.25) is 4.79 Å². The quantitative estimate of drug-likeness (QED) is 0.553. The first-order chi connectivity index (χ1) is 1.41. The Balaban J connectivity index is 0. The zero-order valence-corrected chi connectivity index (χ0v) is 6.30. The van der Waals surface area contributed by atoms with Crippen molar-refractivity contribution in [3.8, 4) is 0 Å². The molecular formula is C2H5OPo. The van der Waals surface area contributed by atoms with Gasteiger partial charge in [-0.25, -0.2) is 0 Å². The van der Waals surface area contributed by atoms with Gasteiger partial charge in [-0.15, -0.1) is 0 Å². The Hall–Kier alpha value is 0.566. The van der Waals surface area contributed by atoms with Gasteiger partial charge in [0, 0.05) is 6.92 Å². The second-order valence-electron chi connectivity index (χ2n) is 0.204. The van der Waals surface area contributed by atoms with Gasteiger partial charge in [-0.1, -0.05) is 0 Å². The first-order valence-corrected chi connectivity index (χ1v) is 0.704. The molecule has 0 amide bonds. The van der Waals surface area contributed by atoms with Crippen LogP contribution in [-0.2, 0) is 4.79 Å². The minimum atomic E-state index is 0. The van der Waals surface area contributed by atoms with Crippen molar-refractivity contribution in [3.05, 3.63) is 0 Å². The van der Waals surface area contributed by atoms with E-state index in [2.05, 4.69) is 0 Å². The molecule has 0 N–H and O–H groups in total. The Morgan fingerprint density at radius 1 is 1.75 bits per heavy atom. The van der Waals surface area contributed by atoms with Crippen molar-refractivity contribution in [1.82, 2.24) is 0 Å². The Bertz CT molecular complexity index is 13.5. The standard InChI is InChI=1S/C2H3O.Po.2H/c1-2-3;;;/h1H3;;;. The number of carbonyl (C=O) groups excluding carboxylic acids is 1. The van der Waals surface area contributed by atoms with E-state index < -0.39 is 0 Å². The summed E-state index contributed by atoms with van der Waals surface area (Å²) < 4.78 is 0. The third-order valence-electron chi connectivity index (χ3n) is 0. The molecule has 0 aliphatic heterocycles. The zero-order chi connectivity index (χ0) is 2.71. The summed E-state index contributed by atoms with van der Waals surface area (Å²) in [6.07, 6.45) is 1.50. The number of hydrogen-bond acceptors (Lipinski definition) is 1. The van der Waals surface area contributed by atoms with E-state index in [1.165, 1.54) is 13.2 Å². The van der Waals surface area contributed by atoms with Crippen LogP contribution in [0.3, 0.4) is 0 Å². The zero-order valence-electron chi connectivity index (χ0n) is 2.41. The maximum absolute atomic E-state index is 8.68. The topological polar surface area (TPSA) is 17.1 Å². The number of rotatable bonds is 0. The normalized spacial score (nSPS) is 3.25. The van der Waals surface area contributed by atoms with Crippen molar-refractivity contribution < 1.29 is 4.79 Å². The van der Waals surface area contributed by atoms with Gasteiger partial charge < -0.3 is 0 Å². The summed E-state index contributed by atoms with van der Waals surface area (Å²) in [6.45, 7) is 1.32. The predicted octanol–water partition coefficient (Wildman–Crippen LogP) is -0.800. The van der Waals surface area contributed by atoms with Gasteiger partial charge in [0.25, 0.3) is 0 Å². The van der Waals surface area contributed by atoms with E-state index >= 15 is 0 Å². The van der Waals surface area contributed by atoms with Crippen LogP contribution in [0.4, 0.5) is 0 Å². The molecule has 0 heterocycles. The fourth-order valence-electron chi connectivity index (χ4n) is 0. The van der Waals surface area contributed by atoms with Gasteiger partial charge in [-0.2, -0.15) is 0 Å². The monoisotopic (exact) mass is 254 g/mol. The minimum absolute atomic E-state index is 0. The molecule has 0 bridgehead atoms. The Morgan fingerprint density at radius 2 is 1.75 bits per heavy atom. The average Bonchev–Trinajstić information content (AvgIpc) is 0.918. The van der Waals surface area contributed by atoms with Crippen molar-refractivity contribution in [2.24, 2.45) is 0 Å². The summed E-state index contributed by atoms with van der Waals surface area (Å²) in [5, 5.41) is 0. The van der Waals surface area contributed by atoms with Gasteiger partial charge >= 0.3 is 26.6 Å². The summed E-state index contributed by atoms with van der Waals surface area (Å²) in [7, 11) is 0. The molecule has 1 radical (unpaired) electrons. The molecular weight excluding hydrogens is 249 g/mol. The molecule has 4 heavy (non-hydrogen) atoms. The number of hydrogen-bond donors (Lipinski definition) is 0. The van der Waals surface area contributed by atoms with Crippen molar-refractivity contribution in [3.63, 3.8) is 0 Å². The van der Waals surface area contributed by atoms with Crippen molar-refractivity contribution in [2.75, 3.05) is 0 Å². The molecule has 0 unspecified atom stereocenters. The van der Waals surface area contributed by atoms with E-state index in [9.17, 15) is 0 Å². The van der Waals surface area contributed by atoms with E-state index in [4.69, 9.17) is 4.79 Å². The Labute approximate surface area is 44.9 Å². The fraction of sp³-hybridized carbons (Fsp3) is 0.500. The molecule has 0 atom stereocenters. The van der Waals surface area contributed by atoms with Crippen LogP contribution in [0.5, 0.6) is 0 Å². The third kappa shape index (κ3) is 19.6. The molecule has 0 aromatic heterocycles. The molecule has 0 aromatic rings. The van der Waals surface area contributed by atoms with E-state index in [0.717, 1.165) is 0 Å². The van der Waals surface area contributed by atoms with Gasteiger partial charge in [-0.05, 0) is 0 Å². The fourth-order valence-corrected chi connectivity index (χ4v) is 0. The molecule has 0 aromatic carbocycles. The molecule has 0 fully saturated rings. The van der Waals surface area contributed by atoms with E-state index in [0.29, 0.717) is 0 Å². The van der Waals surface area contributed by atoms with Crippen LogP contribution in [0.1, 0.15) is 6.92 Å². The molecule has 1 nitrogen and oxygen atoms in total. The molecule has 25 valence electrons. The summed E-state index contributed by atoms with van der Waals surface area (Å²) in [5.41, 5.74) is 0. The maximum atomic E-state index is 8.68. The van der Waals surface area contributed by atoms with Crippen LogP contribution in [0, 0.1) is 0 Å². The van der Waals surface area contributed by atoms with Crippen LogP contribution in [-0.4, -0.2) is 32.9 Å². The molecule has 2 heteroatoms. The van der Waals surface area contributed by atoms with Gasteiger partial charge in [0.15, 0.2) is 6.29 Å². The molecule has 0 saturated carbocycles. The molecule has 0 aliphatic carbocycles. The summed E-state index contributed by atoms with van der Waals surface area (Å²) in [4.78, 5) is 8.68. The van der Waals surface area contributed by atoms with Crippen molar-refractivity contribution in [2.45, 2.75) is 6.92 Å². The Morgan fingerprint density at radius 3 is 1.75 bits per heavy atom. The third-order valence-corrected chi connectivity index (χ3v) is 0. The van der Waals surface area contributed by atoms with E-state index in [-0.39, 0.29) is 26.6 Å². The summed E-state index contributed by atoms with van der Waals surface area (Å²) in [5.74, 6) is 0. The Kier molecular flexibility index (Phi) is 21.1. The van der Waals surface area contributed by atoms with Gasteiger partial charge in [0.05, 0.1) is 0 Å². The summed E-state index contributed by atoms with van der Waals surface area (Å²) in [6, 6.07) is 0. The SMILES string of the molecule is C[C]=O.[PoH2].